The number of anilines is 1. The second-order valence-corrected chi connectivity index (χ2v) is 4.49. The first-order valence-corrected chi connectivity index (χ1v) is 5.29. The summed E-state index contributed by atoms with van der Waals surface area (Å²) in [5, 5.41) is 0. The van der Waals surface area contributed by atoms with Gasteiger partial charge in [-0.3, -0.25) is 4.99 Å². The van der Waals surface area contributed by atoms with Gasteiger partial charge in [0.25, 0.3) is 0 Å². The minimum absolute atomic E-state index is 0.0985. The number of hydrogen-bond donors (Lipinski definition) is 1. The van der Waals surface area contributed by atoms with Crippen LogP contribution in [-0.2, 0) is 0 Å². The van der Waals surface area contributed by atoms with Gasteiger partial charge in [-0.2, -0.15) is 0 Å². The quantitative estimate of drug-likeness (QED) is 0.822. The number of rotatable bonds is 2. The summed E-state index contributed by atoms with van der Waals surface area (Å²) in [7, 11) is 1.66. The van der Waals surface area contributed by atoms with Crippen LogP contribution < -0.4 is 15.4 Å². The van der Waals surface area contributed by atoms with E-state index in [4.69, 9.17) is 10.5 Å². The van der Waals surface area contributed by atoms with E-state index in [1.54, 1.807) is 7.11 Å². The van der Waals surface area contributed by atoms with E-state index in [1.807, 2.05) is 29.2 Å². The Labute approximate surface area is 95.7 Å². The van der Waals surface area contributed by atoms with Gasteiger partial charge < -0.3 is 15.4 Å². The van der Waals surface area contributed by atoms with Gasteiger partial charge in [0.15, 0.2) is 5.96 Å². The first kappa shape index (κ1) is 10.8. The van der Waals surface area contributed by atoms with Crippen LogP contribution in [0.2, 0.25) is 0 Å². The van der Waals surface area contributed by atoms with Crippen LogP contribution in [0.25, 0.3) is 0 Å². The molecule has 1 heterocycles. The Kier molecular flexibility index (Phi) is 2.50. The first-order chi connectivity index (χ1) is 7.56. The van der Waals surface area contributed by atoms with Crippen LogP contribution >= 0.6 is 0 Å². The monoisotopic (exact) mass is 219 g/mol. The molecule has 16 heavy (non-hydrogen) atoms. The third-order valence-corrected chi connectivity index (χ3v) is 2.79. The van der Waals surface area contributed by atoms with E-state index in [0.717, 1.165) is 11.4 Å². The lowest BCUT2D eigenvalue weighted by molar-refractivity contribution is 0.412. The molecule has 0 aliphatic carbocycles. The van der Waals surface area contributed by atoms with Crippen molar-refractivity contribution in [1.82, 2.24) is 0 Å². The van der Waals surface area contributed by atoms with Crippen molar-refractivity contribution in [2.45, 2.75) is 19.4 Å². The Morgan fingerprint density at radius 3 is 2.62 bits per heavy atom. The van der Waals surface area contributed by atoms with Crippen molar-refractivity contribution in [3.63, 3.8) is 0 Å². The topological polar surface area (TPSA) is 50.9 Å². The molecule has 0 radical (unpaired) electrons. The first-order valence-electron chi connectivity index (χ1n) is 5.29. The van der Waals surface area contributed by atoms with Gasteiger partial charge in [0, 0.05) is 0 Å². The van der Waals surface area contributed by atoms with Crippen molar-refractivity contribution in [2.75, 3.05) is 18.6 Å². The Hall–Kier alpha value is -1.71. The van der Waals surface area contributed by atoms with E-state index in [1.165, 1.54) is 0 Å². The SMILES string of the molecule is COc1ccccc1N1C(N)=NCC1(C)C. The normalized spacial score (nSPS) is 18.4. The van der Waals surface area contributed by atoms with Gasteiger partial charge in [-0.25, -0.2) is 0 Å². The fourth-order valence-electron chi connectivity index (χ4n) is 1.99. The molecule has 4 heteroatoms. The zero-order chi connectivity index (χ0) is 11.8. The van der Waals surface area contributed by atoms with Crippen molar-refractivity contribution in [3.05, 3.63) is 24.3 Å². The summed E-state index contributed by atoms with van der Waals surface area (Å²) < 4.78 is 5.35. The number of aliphatic imine (C=N–C) groups is 1. The largest absolute Gasteiger partial charge is 0.495 e. The second-order valence-electron chi connectivity index (χ2n) is 4.49. The molecule has 0 saturated heterocycles. The number of guanidine groups is 1. The maximum atomic E-state index is 5.93. The van der Waals surface area contributed by atoms with E-state index in [9.17, 15) is 0 Å². The molecule has 1 aliphatic heterocycles. The molecule has 0 saturated carbocycles. The molecule has 1 aliphatic rings. The van der Waals surface area contributed by atoms with E-state index in [2.05, 4.69) is 18.8 Å². The summed E-state index contributed by atoms with van der Waals surface area (Å²) in [6.45, 7) is 4.93. The van der Waals surface area contributed by atoms with Gasteiger partial charge >= 0.3 is 0 Å². The molecule has 0 amide bonds. The Morgan fingerprint density at radius 1 is 1.38 bits per heavy atom. The third-order valence-electron chi connectivity index (χ3n) is 2.79. The lowest BCUT2D eigenvalue weighted by atomic mass is 10.0. The summed E-state index contributed by atoms with van der Waals surface area (Å²) in [4.78, 5) is 6.31. The smallest absolute Gasteiger partial charge is 0.196 e. The van der Waals surface area contributed by atoms with E-state index >= 15 is 0 Å². The van der Waals surface area contributed by atoms with Gasteiger partial charge in [-0.05, 0) is 26.0 Å². The molecule has 1 aromatic rings. The number of ether oxygens (including phenoxy) is 1. The van der Waals surface area contributed by atoms with Crippen molar-refractivity contribution < 1.29 is 4.74 Å². The lowest BCUT2D eigenvalue weighted by Gasteiger charge is -2.33. The standard InChI is InChI=1S/C12H17N3O/c1-12(2)8-14-11(13)15(12)9-6-4-5-7-10(9)16-3/h4-7H,8H2,1-3H3,(H2,13,14). The highest BCUT2D eigenvalue weighted by Crippen LogP contribution is 2.34. The van der Waals surface area contributed by atoms with Crippen LogP contribution in [0.4, 0.5) is 5.69 Å². The molecule has 0 spiro atoms. The third kappa shape index (κ3) is 1.60. The van der Waals surface area contributed by atoms with Crippen LogP contribution in [-0.4, -0.2) is 25.2 Å². The van der Waals surface area contributed by atoms with Crippen molar-refractivity contribution in [3.8, 4) is 5.75 Å². The van der Waals surface area contributed by atoms with Crippen LogP contribution in [0.5, 0.6) is 5.75 Å². The number of methoxy groups -OCH3 is 1. The van der Waals surface area contributed by atoms with Gasteiger partial charge in [0.1, 0.15) is 5.75 Å². The molecule has 86 valence electrons. The van der Waals surface area contributed by atoms with Gasteiger partial charge in [0.2, 0.25) is 0 Å². The summed E-state index contributed by atoms with van der Waals surface area (Å²) in [6.07, 6.45) is 0. The van der Waals surface area contributed by atoms with Gasteiger partial charge in [-0.1, -0.05) is 12.1 Å². The predicted octanol–water partition coefficient (Wildman–Crippen LogP) is 1.61. The minimum atomic E-state index is -0.0985. The molecule has 0 bridgehead atoms. The molecule has 2 N–H and O–H groups in total. The molecule has 2 rings (SSSR count). The zero-order valence-corrected chi connectivity index (χ0v) is 9.90. The summed E-state index contributed by atoms with van der Waals surface area (Å²) >= 11 is 0. The zero-order valence-electron chi connectivity index (χ0n) is 9.90. The summed E-state index contributed by atoms with van der Waals surface area (Å²) in [6, 6.07) is 7.84. The molecular formula is C12H17N3O. The predicted molar refractivity (Wildman–Crippen MR) is 66.0 cm³/mol. The molecule has 0 aromatic heterocycles. The number of nitrogens with two attached hydrogens (primary N) is 1. The highest BCUT2D eigenvalue weighted by molar-refractivity contribution is 5.99. The van der Waals surface area contributed by atoms with E-state index < -0.39 is 0 Å². The van der Waals surface area contributed by atoms with Crippen LogP contribution in [0, 0.1) is 0 Å². The molecule has 4 nitrogen and oxygen atoms in total. The minimum Gasteiger partial charge on any atom is -0.495 e. The number of para-hydroxylation sites is 2. The van der Waals surface area contributed by atoms with Crippen molar-refractivity contribution >= 4 is 11.6 Å². The highest BCUT2D eigenvalue weighted by Gasteiger charge is 2.35. The Morgan fingerprint density at radius 2 is 2.06 bits per heavy atom. The second kappa shape index (κ2) is 3.70. The average molecular weight is 219 g/mol. The molecular weight excluding hydrogens is 202 g/mol. The fraction of sp³-hybridized carbons (Fsp3) is 0.417. The van der Waals surface area contributed by atoms with Crippen LogP contribution in [0.3, 0.4) is 0 Å². The number of nitrogens with zero attached hydrogens (tertiary/aromatic N) is 2. The summed E-state index contributed by atoms with van der Waals surface area (Å²) in [5.74, 6) is 1.37. The molecule has 0 unspecified atom stereocenters. The maximum Gasteiger partial charge on any atom is 0.196 e. The number of benzene rings is 1. The maximum absolute atomic E-state index is 5.93. The van der Waals surface area contributed by atoms with Crippen LogP contribution in [0.15, 0.2) is 29.3 Å². The molecule has 0 fully saturated rings. The fourth-order valence-corrected chi connectivity index (χ4v) is 1.99. The van der Waals surface area contributed by atoms with E-state index in [0.29, 0.717) is 12.5 Å². The van der Waals surface area contributed by atoms with Crippen LogP contribution in [0.1, 0.15) is 13.8 Å². The Bertz CT molecular complexity index is 426. The van der Waals surface area contributed by atoms with Gasteiger partial charge in [-0.15, -0.1) is 0 Å². The molecule has 1 aromatic carbocycles. The average Bonchev–Trinajstić information content (AvgIpc) is 2.53. The number of hydrogen-bond acceptors (Lipinski definition) is 4. The highest BCUT2D eigenvalue weighted by atomic mass is 16.5. The lowest BCUT2D eigenvalue weighted by Crippen LogP contribution is -2.47. The van der Waals surface area contributed by atoms with E-state index in [-0.39, 0.29) is 5.54 Å². The summed E-state index contributed by atoms with van der Waals surface area (Å²) in [5.41, 5.74) is 6.80. The van der Waals surface area contributed by atoms with Crippen molar-refractivity contribution in [1.29, 1.82) is 0 Å². The van der Waals surface area contributed by atoms with Crippen molar-refractivity contribution in [2.24, 2.45) is 10.7 Å². The van der Waals surface area contributed by atoms with Gasteiger partial charge in [0.05, 0.1) is 24.9 Å². The molecule has 0 atom stereocenters. The Balaban J connectivity index is 2.47.